The van der Waals surface area contributed by atoms with Crippen LogP contribution in [0.3, 0.4) is 0 Å². The third kappa shape index (κ3) is 4.16. The molecule has 1 amide bonds. The van der Waals surface area contributed by atoms with Gasteiger partial charge in [-0.05, 0) is 24.3 Å². The number of benzene rings is 2. The van der Waals surface area contributed by atoms with E-state index in [1.807, 2.05) is 4.72 Å². The van der Waals surface area contributed by atoms with E-state index in [9.17, 15) is 26.4 Å². The molecule has 0 unspecified atom stereocenters. The second-order valence-electron chi connectivity index (χ2n) is 4.51. The van der Waals surface area contributed by atoms with Crippen LogP contribution in [0.2, 0.25) is 0 Å². The Morgan fingerprint density at radius 2 is 1.62 bits per heavy atom. The molecule has 0 atom stereocenters. The van der Waals surface area contributed by atoms with Gasteiger partial charge in [-0.25, -0.2) is 8.42 Å². The van der Waals surface area contributed by atoms with Crippen LogP contribution in [-0.2, 0) is 10.0 Å². The maximum absolute atomic E-state index is 12.4. The van der Waals surface area contributed by atoms with E-state index in [4.69, 9.17) is 5.73 Å². The highest BCUT2D eigenvalue weighted by molar-refractivity contribution is 7.92. The van der Waals surface area contributed by atoms with Crippen molar-refractivity contribution in [1.82, 2.24) is 0 Å². The van der Waals surface area contributed by atoms with Crippen LogP contribution in [0, 0.1) is 0 Å². The lowest BCUT2D eigenvalue weighted by molar-refractivity contribution is -0.275. The Labute approximate surface area is 135 Å². The van der Waals surface area contributed by atoms with Gasteiger partial charge in [-0.2, -0.15) is 0 Å². The van der Waals surface area contributed by atoms with Crippen molar-refractivity contribution < 1.29 is 31.1 Å². The van der Waals surface area contributed by atoms with Gasteiger partial charge in [-0.15, -0.1) is 13.2 Å². The van der Waals surface area contributed by atoms with Gasteiger partial charge in [0.2, 0.25) is 0 Å². The number of ether oxygens (including phenoxy) is 1. The zero-order chi connectivity index (χ0) is 18.0. The lowest BCUT2D eigenvalue weighted by Crippen LogP contribution is -2.22. The monoisotopic (exact) mass is 360 g/mol. The zero-order valence-corrected chi connectivity index (χ0v) is 12.7. The number of halogens is 3. The molecule has 0 fully saturated rings. The smallest absolute Gasteiger partial charge is 0.404 e. The number of amides is 1. The minimum absolute atomic E-state index is 0.129. The molecule has 0 spiro atoms. The predicted molar refractivity (Wildman–Crippen MR) is 78.9 cm³/mol. The van der Waals surface area contributed by atoms with E-state index in [0.29, 0.717) is 0 Å². The van der Waals surface area contributed by atoms with E-state index >= 15 is 0 Å². The molecule has 2 rings (SSSR count). The molecule has 0 aliphatic carbocycles. The standard InChI is InChI=1S/C14H11F3N2O4S/c15-14(16,17)23-11-7-3-4-8-12(11)24(21,22)19-10-6-2-1-5-9(10)13(18)20/h1-8,19H,(H2,18,20). The number of anilines is 1. The quantitative estimate of drug-likeness (QED) is 0.856. The molecular formula is C14H11F3N2O4S. The molecule has 0 aliphatic rings. The normalized spacial score (nSPS) is 11.8. The summed E-state index contributed by atoms with van der Waals surface area (Å²) >= 11 is 0. The predicted octanol–water partition coefficient (Wildman–Crippen LogP) is 2.48. The molecule has 2 aromatic rings. The molecule has 0 aromatic heterocycles. The molecule has 0 bridgehead atoms. The Morgan fingerprint density at radius 1 is 1.04 bits per heavy atom. The topological polar surface area (TPSA) is 98.5 Å². The van der Waals surface area contributed by atoms with Gasteiger partial charge in [0.05, 0.1) is 11.3 Å². The third-order valence-corrected chi connectivity index (χ3v) is 4.21. The molecule has 3 N–H and O–H groups in total. The number of carbonyl (C=O) groups excluding carboxylic acids is 1. The van der Waals surface area contributed by atoms with Gasteiger partial charge in [0.25, 0.3) is 15.9 Å². The number of rotatable bonds is 5. The first-order valence-electron chi connectivity index (χ1n) is 6.36. The number of hydrogen-bond donors (Lipinski definition) is 2. The van der Waals surface area contributed by atoms with Crippen molar-refractivity contribution in [2.24, 2.45) is 5.73 Å². The number of primary amides is 1. The van der Waals surface area contributed by atoms with Crippen LogP contribution >= 0.6 is 0 Å². The summed E-state index contributed by atoms with van der Waals surface area (Å²) in [7, 11) is -4.46. The van der Waals surface area contributed by atoms with Crippen LogP contribution in [0.15, 0.2) is 53.4 Å². The Morgan fingerprint density at radius 3 is 2.25 bits per heavy atom. The molecule has 128 valence electrons. The van der Waals surface area contributed by atoms with Crippen LogP contribution in [0.25, 0.3) is 0 Å². The lowest BCUT2D eigenvalue weighted by Gasteiger charge is -2.15. The maximum atomic E-state index is 12.4. The SMILES string of the molecule is NC(=O)c1ccccc1NS(=O)(=O)c1ccccc1OC(F)(F)F. The molecule has 0 heterocycles. The van der Waals surface area contributed by atoms with Gasteiger partial charge >= 0.3 is 6.36 Å². The second kappa shape index (κ2) is 6.40. The summed E-state index contributed by atoms with van der Waals surface area (Å²) in [6.07, 6.45) is -5.06. The van der Waals surface area contributed by atoms with Crippen molar-refractivity contribution in [2.75, 3.05) is 4.72 Å². The van der Waals surface area contributed by atoms with Gasteiger partial charge in [-0.1, -0.05) is 24.3 Å². The van der Waals surface area contributed by atoms with E-state index in [1.54, 1.807) is 0 Å². The van der Waals surface area contributed by atoms with Gasteiger partial charge < -0.3 is 10.5 Å². The van der Waals surface area contributed by atoms with Crippen molar-refractivity contribution in [3.63, 3.8) is 0 Å². The maximum Gasteiger partial charge on any atom is 0.573 e. The summed E-state index contributed by atoms with van der Waals surface area (Å²) in [4.78, 5) is 10.6. The van der Waals surface area contributed by atoms with E-state index in [2.05, 4.69) is 4.74 Å². The van der Waals surface area contributed by atoms with Crippen LogP contribution in [0.1, 0.15) is 10.4 Å². The largest absolute Gasteiger partial charge is 0.573 e. The molecule has 0 radical (unpaired) electrons. The molecule has 0 aliphatic heterocycles. The van der Waals surface area contributed by atoms with Crippen molar-refractivity contribution in [2.45, 2.75) is 11.3 Å². The van der Waals surface area contributed by atoms with Gasteiger partial charge in [0, 0.05) is 0 Å². The minimum Gasteiger partial charge on any atom is -0.404 e. The van der Waals surface area contributed by atoms with Crippen molar-refractivity contribution in [1.29, 1.82) is 0 Å². The van der Waals surface area contributed by atoms with Crippen LogP contribution in [-0.4, -0.2) is 20.7 Å². The number of hydrogen-bond acceptors (Lipinski definition) is 4. The molecule has 0 saturated carbocycles. The van der Waals surface area contributed by atoms with E-state index < -0.39 is 32.9 Å². The fraction of sp³-hybridized carbons (Fsp3) is 0.0714. The molecule has 24 heavy (non-hydrogen) atoms. The highest BCUT2D eigenvalue weighted by atomic mass is 32.2. The van der Waals surface area contributed by atoms with E-state index in [-0.39, 0.29) is 11.3 Å². The van der Waals surface area contributed by atoms with Crippen LogP contribution < -0.4 is 15.2 Å². The van der Waals surface area contributed by atoms with Crippen LogP contribution in [0.5, 0.6) is 5.75 Å². The summed E-state index contributed by atoms with van der Waals surface area (Å²) < 4.78 is 67.7. The average molecular weight is 360 g/mol. The summed E-state index contributed by atoms with van der Waals surface area (Å²) in [6.45, 7) is 0. The van der Waals surface area contributed by atoms with Gasteiger partial charge in [0.15, 0.2) is 0 Å². The molecule has 6 nitrogen and oxygen atoms in total. The summed E-state index contributed by atoms with van der Waals surface area (Å²) in [5, 5.41) is 0. The van der Waals surface area contributed by atoms with E-state index in [0.717, 1.165) is 12.1 Å². The Kier molecular flexibility index (Phi) is 4.69. The minimum atomic E-state index is -5.06. The van der Waals surface area contributed by atoms with Crippen LogP contribution in [0.4, 0.5) is 18.9 Å². The molecule has 10 heteroatoms. The van der Waals surface area contributed by atoms with Crippen molar-refractivity contribution in [3.05, 3.63) is 54.1 Å². The summed E-state index contributed by atoms with van der Waals surface area (Å²) in [5.41, 5.74) is 4.85. The van der Waals surface area contributed by atoms with E-state index in [1.165, 1.54) is 36.4 Å². The highest BCUT2D eigenvalue weighted by Crippen LogP contribution is 2.31. The zero-order valence-electron chi connectivity index (χ0n) is 11.9. The Hall–Kier alpha value is -2.75. The molecule has 0 saturated heterocycles. The molecular weight excluding hydrogens is 349 g/mol. The third-order valence-electron chi connectivity index (χ3n) is 2.80. The number of sulfonamides is 1. The number of para-hydroxylation sites is 2. The average Bonchev–Trinajstić information content (AvgIpc) is 2.46. The lowest BCUT2D eigenvalue weighted by atomic mass is 10.2. The fourth-order valence-electron chi connectivity index (χ4n) is 1.87. The van der Waals surface area contributed by atoms with Gasteiger partial charge in [0.1, 0.15) is 10.6 Å². The number of nitrogens with one attached hydrogen (secondary N) is 1. The number of nitrogens with two attached hydrogens (primary N) is 1. The first-order valence-corrected chi connectivity index (χ1v) is 7.85. The van der Waals surface area contributed by atoms with Crippen molar-refractivity contribution in [3.8, 4) is 5.75 Å². The van der Waals surface area contributed by atoms with Gasteiger partial charge in [-0.3, -0.25) is 9.52 Å². The number of carbonyl (C=O) groups is 1. The fourth-order valence-corrected chi connectivity index (χ4v) is 3.08. The Bertz CT molecular complexity index is 866. The highest BCUT2D eigenvalue weighted by Gasteiger charge is 2.34. The number of alkyl halides is 3. The van der Waals surface area contributed by atoms with Crippen molar-refractivity contribution >= 4 is 21.6 Å². The first kappa shape index (κ1) is 17.6. The second-order valence-corrected chi connectivity index (χ2v) is 6.16. The Balaban J connectivity index is 2.45. The first-order chi connectivity index (χ1) is 11.1. The summed E-state index contributed by atoms with van der Waals surface area (Å²) in [6, 6.07) is 9.65. The molecule has 2 aromatic carbocycles. The summed E-state index contributed by atoms with van der Waals surface area (Å²) in [5.74, 6) is -1.79.